The average molecular weight is 391 g/mol. The van der Waals surface area contributed by atoms with Gasteiger partial charge >= 0.3 is 0 Å². The summed E-state index contributed by atoms with van der Waals surface area (Å²) < 4.78 is 12.8. The van der Waals surface area contributed by atoms with Crippen molar-refractivity contribution in [3.63, 3.8) is 0 Å². The van der Waals surface area contributed by atoms with Gasteiger partial charge in [0, 0.05) is 48.1 Å². The molecule has 0 aliphatic carbocycles. The van der Waals surface area contributed by atoms with E-state index in [4.69, 9.17) is 9.47 Å². The molecule has 1 N–H and O–H groups in total. The van der Waals surface area contributed by atoms with Gasteiger partial charge in [0.15, 0.2) is 5.65 Å². The van der Waals surface area contributed by atoms with Crippen molar-refractivity contribution in [2.75, 3.05) is 33.4 Å². The Morgan fingerprint density at radius 1 is 1.21 bits per heavy atom. The number of aromatic amines is 1. The summed E-state index contributed by atoms with van der Waals surface area (Å²) in [6.07, 6.45) is 5.34. The number of fused-ring (bicyclic) bond motifs is 2. The molecule has 0 radical (unpaired) electrons. The lowest BCUT2D eigenvalue weighted by Crippen LogP contribution is -2.42. The Balaban J connectivity index is 1.58. The number of nitrogens with one attached hydrogen (secondary N) is 1. The second-order valence-electron chi connectivity index (χ2n) is 7.02. The first-order valence-electron chi connectivity index (χ1n) is 9.55. The van der Waals surface area contributed by atoms with Crippen molar-refractivity contribution in [2.45, 2.75) is 6.54 Å². The average Bonchev–Trinajstić information content (AvgIpc) is 3.35. The molecule has 1 fully saturated rings. The number of H-pyrrole nitrogens is 1. The molecule has 8 nitrogen and oxygen atoms in total. The highest BCUT2D eigenvalue weighted by Gasteiger charge is 2.20. The van der Waals surface area contributed by atoms with E-state index in [1.54, 1.807) is 19.5 Å². The van der Waals surface area contributed by atoms with Crippen molar-refractivity contribution < 1.29 is 14.3 Å². The number of hydrogen-bond acceptors (Lipinski definition) is 5. The zero-order valence-corrected chi connectivity index (χ0v) is 16.1. The molecule has 5 rings (SSSR count). The maximum absolute atomic E-state index is 12.8. The molecule has 4 heterocycles. The van der Waals surface area contributed by atoms with Crippen molar-refractivity contribution in [3.8, 4) is 17.0 Å². The largest absolute Gasteiger partial charge is 0.497 e. The number of amides is 1. The highest BCUT2D eigenvalue weighted by Crippen LogP contribution is 2.33. The second kappa shape index (κ2) is 7.21. The molecule has 148 valence electrons. The van der Waals surface area contributed by atoms with E-state index in [0.29, 0.717) is 26.3 Å². The molecule has 0 bridgehead atoms. The number of rotatable bonds is 4. The maximum atomic E-state index is 12.8. The van der Waals surface area contributed by atoms with E-state index in [1.807, 2.05) is 39.9 Å². The molecule has 4 aromatic rings. The minimum absolute atomic E-state index is 0.0903. The summed E-state index contributed by atoms with van der Waals surface area (Å²) in [6, 6.07) is 7.87. The lowest BCUT2D eigenvalue weighted by atomic mass is 10.1. The van der Waals surface area contributed by atoms with E-state index >= 15 is 0 Å². The van der Waals surface area contributed by atoms with Crippen LogP contribution in [0, 0.1) is 0 Å². The highest BCUT2D eigenvalue weighted by atomic mass is 16.5. The molecule has 3 aromatic heterocycles. The van der Waals surface area contributed by atoms with Gasteiger partial charge in [0.2, 0.25) is 5.91 Å². The maximum Gasteiger partial charge on any atom is 0.242 e. The Hall–Kier alpha value is -3.39. The van der Waals surface area contributed by atoms with Crippen LogP contribution in [0.4, 0.5) is 0 Å². The number of nitrogens with zero attached hydrogens (tertiary/aromatic N) is 4. The minimum atomic E-state index is 0.0903. The molecule has 1 aliphatic heterocycles. The quantitative estimate of drug-likeness (QED) is 0.578. The number of carbonyl (C=O) groups is 1. The molecule has 0 atom stereocenters. The van der Waals surface area contributed by atoms with E-state index in [-0.39, 0.29) is 12.5 Å². The molecule has 0 saturated carbocycles. The second-order valence-corrected chi connectivity index (χ2v) is 7.02. The first-order chi connectivity index (χ1) is 14.2. The Kier molecular flexibility index (Phi) is 4.40. The third kappa shape index (κ3) is 3.21. The van der Waals surface area contributed by atoms with Crippen LogP contribution < -0.4 is 4.74 Å². The van der Waals surface area contributed by atoms with Crippen LogP contribution >= 0.6 is 0 Å². The minimum Gasteiger partial charge on any atom is -0.497 e. The van der Waals surface area contributed by atoms with E-state index in [1.165, 1.54) is 0 Å². The number of ether oxygens (including phenoxy) is 2. The van der Waals surface area contributed by atoms with Gasteiger partial charge in [0.25, 0.3) is 0 Å². The summed E-state index contributed by atoms with van der Waals surface area (Å²) in [5.74, 6) is 0.857. The fourth-order valence-electron chi connectivity index (χ4n) is 3.80. The Bertz CT molecular complexity index is 1160. The molecule has 0 unspecified atom stereocenters. The molecule has 1 aromatic carbocycles. The zero-order valence-electron chi connectivity index (χ0n) is 16.1. The molecular weight excluding hydrogens is 370 g/mol. The standard InChI is InChI=1S/C21H21N5O3/c1-28-14-2-3-19-15(10-14)16(17-11-18-21(24-17)23-5-4-22-18)12-26(19)13-20(27)25-6-8-29-9-7-25/h2-5,10-12H,6-9,13H2,1H3,(H,23,24). The van der Waals surface area contributed by atoms with Gasteiger partial charge in [0.05, 0.1) is 26.0 Å². The SMILES string of the molecule is COc1ccc2c(c1)c(-c1cc3nccnc3[nH]1)cn2CC(=O)N1CCOCC1. The van der Waals surface area contributed by atoms with Crippen LogP contribution in [0.25, 0.3) is 33.3 Å². The van der Waals surface area contributed by atoms with E-state index in [2.05, 4.69) is 15.0 Å². The third-order valence-corrected chi connectivity index (χ3v) is 5.31. The van der Waals surface area contributed by atoms with Crippen molar-refractivity contribution >= 4 is 28.0 Å². The predicted octanol–water partition coefficient (Wildman–Crippen LogP) is 2.45. The highest BCUT2D eigenvalue weighted by molar-refractivity contribution is 5.98. The summed E-state index contributed by atoms with van der Waals surface area (Å²) >= 11 is 0. The van der Waals surface area contributed by atoms with Gasteiger partial charge < -0.3 is 23.9 Å². The summed E-state index contributed by atoms with van der Waals surface area (Å²) in [5, 5.41) is 1.01. The third-order valence-electron chi connectivity index (χ3n) is 5.31. The van der Waals surface area contributed by atoms with Gasteiger partial charge in [-0.1, -0.05) is 0 Å². The number of morpholine rings is 1. The van der Waals surface area contributed by atoms with Crippen LogP contribution in [0.15, 0.2) is 42.9 Å². The van der Waals surface area contributed by atoms with Crippen LogP contribution in [0.2, 0.25) is 0 Å². The van der Waals surface area contributed by atoms with Gasteiger partial charge in [-0.15, -0.1) is 0 Å². The van der Waals surface area contributed by atoms with Gasteiger partial charge in [-0.2, -0.15) is 0 Å². The number of aromatic nitrogens is 4. The summed E-state index contributed by atoms with van der Waals surface area (Å²) in [5.41, 5.74) is 4.39. The number of hydrogen-bond donors (Lipinski definition) is 1. The molecule has 1 amide bonds. The number of carbonyl (C=O) groups excluding carboxylic acids is 1. The molecule has 29 heavy (non-hydrogen) atoms. The lowest BCUT2D eigenvalue weighted by Gasteiger charge is -2.27. The first kappa shape index (κ1) is 17.7. The zero-order chi connectivity index (χ0) is 19.8. The first-order valence-corrected chi connectivity index (χ1v) is 9.55. The van der Waals surface area contributed by atoms with Crippen molar-refractivity contribution in [3.05, 3.63) is 42.9 Å². The smallest absolute Gasteiger partial charge is 0.242 e. The number of benzene rings is 1. The summed E-state index contributed by atoms with van der Waals surface area (Å²) in [6.45, 7) is 2.74. The summed E-state index contributed by atoms with van der Waals surface area (Å²) in [4.78, 5) is 26.7. The van der Waals surface area contributed by atoms with Crippen molar-refractivity contribution in [1.29, 1.82) is 0 Å². The van der Waals surface area contributed by atoms with Crippen LogP contribution in [-0.4, -0.2) is 63.7 Å². The van der Waals surface area contributed by atoms with Gasteiger partial charge in [-0.25, -0.2) is 4.98 Å². The van der Waals surface area contributed by atoms with Crippen LogP contribution in [0.1, 0.15) is 0 Å². The fourth-order valence-corrected chi connectivity index (χ4v) is 3.80. The molecule has 8 heteroatoms. The van der Waals surface area contributed by atoms with Gasteiger partial charge in [0.1, 0.15) is 17.8 Å². The van der Waals surface area contributed by atoms with Gasteiger partial charge in [-0.3, -0.25) is 9.78 Å². The van der Waals surface area contributed by atoms with Crippen molar-refractivity contribution in [1.82, 2.24) is 24.4 Å². The summed E-state index contributed by atoms with van der Waals surface area (Å²) in [7, 11) is 1.65. The lowest BCUT2D eigenvalue weighted by molar-refractivity contribution is -0.135. The predicted molar refractivity (Wildman–Crippen MR) is 109 cm³/mol. The van der Waals surface area contributed by atoms with Crippen LogP contribution in [0.5, 0.6) is 5.75 Å². The van der Waals surface area contributed by atoms with E-state index < -0.39 is 0 Å². The number of methoxy groups -OCH3 is 1. The monoisotopic (exact) mass is 391 g/mol. The molecule has 1 saturated heterocycles. The topological polar surface area (TPSA) is 85.3 Å². The van der Waals surface area contributed by atoms with E-state index in [0.717, 1.165) is 39.1 Å². The van der Waals surface area contributed by atoms with Crippen molar-refractivity contribution in [2.24, 2.45) is 0 Å². The van der Waals surface area contributed by atoms with E-state index in [9.17, 15) is 4.79 Å². The molecule has 1 aliphatic rings. The normalized spacial score (nSPS) is 14.6. The Labute approximate surface area is 167 Å². The van der Waals surface area contributed by atoms with Gasteiger partial charge in [-0.05, 0) is 24.3 Å². The van der Waals surface area contributed by atoms with Crippen LogP contribution in [-0.2, 0) is 16.1 Å². The molecular formula is C21H21N5O3. The fraction of sp³-hybridized carbons (Fsp3) is 0.286. The Morgan fingerprint density at radius 2 is 2.03 bits per heavy atom. The van der Waals surface area contributed by atoms with Crippen LogP contribution in [0.3, 0.4) is 0 Å². The molecule has 0 spiro atoms. The Morgan fingerprint density at radius 3 is 2.83 bits per heavy atom.